The molecule has 0 fully saturated rings. The molecule has 0 unspecified atom stereocenters. The van der Waals surface area contributed by atoms with Crippen LogP contribution in [0.5, 0.6) is 0 Å². The van der Waals surface area contributed by atoms with Gasteiger partial charge in [-0.15, -0.1) is 0 Å². The maximum atomic E-state index is 5.92. The summed E-state index contributed by atoms with van der Waals surface area (Å²) >= 11 is 13.4. The van der Waals surface area contributed by atoms with E-state index < -0.39 is 0 Å². The van der Waals surface area contributed by atoms with Crippen molar-refractivity contribution in [2.24, 2.45) is 0 Å². The third-order valence-corrected chi connectivity index (χ3v) is 3.42. The predicted molar refractivity (Wildman–Crippen MR) is 68.1 cm³/mol. The van der Waals surface area contributed by atoms with E-state index in [1.165, 1.54) is 0 Å². The van der Waals surface area contributed by atoms with Gasteiger partial charge in [0.15, 0.2) is 0 Å². The molecule has 1 aromatic heterocycles. The summed E-state index contributed by atoms with van der Waals surface area (Å²) in [4.78, 5) is 0. The third-order valence-electron chi connectivity index (χ3n) is 2.00. The number of hydrogen-bond donors (Lipinski definition) is 1. The molecule has 78 valence electrons. The van der Waals surface area contributed by atoms with Crippen molar-refractivity contribution in [3.63, 3.8) is 0 Å². The molecule has 0 aliphatic rings. The first-order valence-corrected chi connectivity index (χ1v) is 6.15. The summed E-state index contributed by atoms with van der Waals surface area (Å²) in [5.41, 5.74) is 2.25. The first-order chi connectivity index (χ1) is 7.25. The SMILES string of the molecule is Clc1ccc(CNc2ccsc2)cc1Cl. The zero-order valence-corrected chi connectivity index (χ0v) is 10.2. The molecule has 0 aliphatic heterocycles. The normalized spacial score (nSPS) is 10.3. The maximum Gasteiger partial charge on any atom is 0.0595 e. The van der Waals surface area contributed by atoms with Crippen molar-refractivity contribution in [1.29, 1.82) is 0 Å². The second-order valence-electron chi connectivity index (χ2n) is 3.11. The molecule has 0 saturated carbocycles. The van der Waals surface area contributed by atoms with Crippen LogP contribution in [0.3, 0.4) is 0 Å². The van der Waals surface area contributed by atoms with Crippen LogP contribution in [0.4, 0.5) is 5.69 Å². The second-order valence-corrected chi connectivity index (χ2v) is 4.71. The van der Waals surface area contributed by atoms with Crippen LogP contribution in [0.1, 0.15) is 5.56 Å². The van der Waals surface area contributed by atoms with E-state index in [1.807, 2.05) is 29.6 Å². The monoisotopic (exact) mass is 257 g/mol. The molecule has 1 N–H and O–H groups in total. The van der Waals surface area contributed by atoms with Crippen LogP contribution in [0.25, 0.3) is 0 Å². The van der Waals surface area contributed by atoms with Gasteiger partial charge in [-0.25, -0.2) is 0 Å². The maximum absolute atomic E-state index is 5.92. The van der Waals surface area contributed by atoms with E-state index >= 15 is 0 Å². The quantitative estimate of drug-likeness (QED) is 0.843. The van der Waals surface area contributed by atoms with Crippen LogP contribution in [0, 0.1) is 0 Å². The van der Waals surface area contributed by atoms with Crippen LogP contribution in [0.15, 0.2) is 35.0 Å². The molecule has 0 saturated heterocycles. The van der Waals surface area contributed by atoms with Gasteiger partial charge in [-0.2, -0.15) is 11.3 Å². The van der Waals surface area contributed by atoms with Crippen molar-refractivity contribution in [2.45, 2.75) is 6.54 Å². The molecule has 0 spiro atoms. The Kier molecular flexibility index (Phi) is 3.52. The van der Waals surface area contributed by atoms with Crippen LogP contribution in [0.2, 0.25) is 10.0 Å². The highest BCUT2D eigenvalue weighted by Crippen LogP contribution is 2.23. The Morgan fingerprint density at radius 3 is 2.67 bits per heavy atom. The molecule has 0 amide bonds. The fraction of sp³-hybridized carbons (Fsp3) is 0.0909. The number of rotatable bonds is 3. The summed E-state index contributed by atoms with van der Waals surface area (Å²) in [6.07, 6.45) is 0. The average molecular weight is 258 g/mol. The Morgan fingerprint density at radius 2 is 2.00 bits per heavy atom. The lowest BCUT2D eigenvalue weighted by Crippen LogP contribution is -1.97. The summed E-state index contributed by atoms with van der Waals surface area (Å²) < 4.78 is 0. The highest BCUT2D eigenvalue weighted by atomic mass is 35.5. The zero-order chi connectivity index (χ0) is 10.7. The van der Waals surface area contributed by atoms with Crippen molar-refractivity contribution < 1.29 is 0 Å². The number of anilines is 1. The Balaban J connectivity index is 2.02. The van der Waals surface area contributed by atoms with E-state index in [2.05, 4.69) is 10.7 Å². The predicted octanol–water partition coefficient (Wildman–Crippen LogP) is 4.67. The van der Waals surface area contributed by atoms with E-state index in [1.54, 1.807) is 11.3 Å². The molecule has 0 bridgehead atoms. The third kappa shape index (κ3) is 2.88. The molecule has 2 rings (SSSR count). The van der Waals surface area contributed by atoms with Crippen molar-refractivity contribution in [2.75, 3.05) is 5.32 Å². The standard InChI is InChI=1S/C11H9Cl2NS/c12-10-2-1-8(5-11(10)13)6-14-9-3-4-15-7-9/h1-5,7,14H,6H2. The highest BCUT2D eigenvalue weighted by Gasteiger charge is 1.99. The largest absolute Gasteiger partial charge is 0.380 e. The molecule has 0 atom stereocenters. The molecule has 4 heteroatoms. The lowest BCUT2D eigenvalue weighted by molar-refractivity contribution is 1.15. The van der Waals surface area contributed by atoms with Gasteiger partial charge in [0.1, 0.15) is 0 Å². The summed E-state index contributed by atoms with van der Waals surface area (Å²) in [6, 6.07) is 7.70. The lowest BCUT2D eigenvalue weighted by Gasteiger charge is -2.05. The van der Waals surface area contributed by atoms with Crippen molar-refractivity contribution in [1.82, 2.24) is 0 Å². The second kappa shape index (κ2) is 4.88. The lowest BCUT2D eigenvalue weighted by atomic mass is 10.2. The average Bonchev–Trinajstić information content (AvgIpc) is 2.73. The molecular weight excluding hydrogens is 249 g/mol. The number of nitrogens with one attached hydrogen (secondary N) is 1. The summed E-state index contributed by atoms with van der Waals surface area (Å²) in [6.45, 7) is 0.758. The number of halogens is 2. The number of thiophene rings is 1. The fourth-order valence-corrected chi connectivity index (χ4v) is 2.15. The van der Waals surface area contributed by atoms with Gasteiger partial charge in [-0.3, -0.25) is 0 Å². The molecule has 1 aromatic carbocycles. The minimum Gasteiger partial charge on any atom is -0.380 e. The van der Waals surface area contributed by atoms with Gasteiger partial charge >= 0.3 is 0 Å². The van der Waals surface area contributed by atoms with Gasteiger partial charge in [0.2, 0.25) is 0 Å². The molecule has 0 radical (unpaired) electrons. The van der Waals surface area contributed by atoms with E-state index in [0.717, 1.165) is 17.8 Å². The summed E-state index contributed by atoms with van der Waals surface area (Å²) in [7, 11) is 0. The van der Waals surface area contributed by atoms with Gasteiger partial charge in [0, 0.05) is 17.6 Å². The Hall–Kier alpha value is -0.700. The van der Waals surface area contributed by atoms with Crippen LogP contribution in [-0.2, 0) is 6.54 Å². The summed E-state index contributed by atoms with van der Waals surface area (Å²) in [5, 5.41) is 8.59. The van der Waals surface area contributed by atoms with E-state index in [0.29, 0.717) is 10.0 Å². The molecule has 1 heterocycles. The molecule has 15 heavy (non-hydrogen) atoms. The number of benzene rings is 1. The molecular formula is C11H9Cl2NS. The Morgan fingerprint density at radius 1 is 1.13 bits per heavy atom. The minimum atomic E-state index is 0.593. The van der Waals surface area contributed by atoms with Crippen molar-refractivity contribution >= 4 is 40.2 Å². The smallest absolute Gasteiger partial charge is 0.0595 e. The van der Waals surface area contributed by atoms with Gasteiger partial charge in [-0.1, -0.05) is 29.3 Å². The van der Waals surface area contributed by atoms with Crippen LogP contribution >= 0.6 is 34.5 Å². The van der Waals surface area contributed by atoms with Crippen molar-refractivity contribution in [3.05, 3.63) is 50.6 Å². The van der Waals surface area contributed by atoms with Crippen molar-refractivity contribution in [3.8, 4) is 0 Å². The highest BCUT2D eigenvalue weighted by molar-refractivity contribution is 7.08. The molecule has 0 aliphatic carbocycles. The van der Waals surface area contributed by atoms with E-state index in [4.69, 9.17) is 23.2 Å². The summed E-state index contributed by atoms with van der Waals surface area (Å²) in [5.74, 6) is 0. The number of hydrogen-bond acceptors (Lipinski definition) is 2. The first-order valence-electron chi connectivity index (χ1n) is 4.46. The Labute approximate surface area is 103 Å². The van der Waals surface area contributed by atoms with Crippen LogP contribution in [-0.4, -0.2) is 0 Å². The van der Waals surface area contributed by atoms with Gasteiger partial charge < -0.3 is 5.32 Å². The van der Waals surface area contributed by atoms with E-state index in [-0.39, 0.29) is 0 Å². The fourth-order valence-electron chi connectivity index (χ4n) is 1.22. The first kappa shape index (κ1) is 10.8. The van der Waals surface area contributed by atoms with Crippen LogP contribution < -0.4 is 5.32 Å². The minimum absolute atomic E-state index is 0.593. The molecule has 1 nitrogen and oxygen atoms in total. The topological polar surface area (TPSA) is 12.0 Å². The van der Waals surface area contributed by atoms with Gasteiger partial charge in [0.05, 0.1) is 10.0 Å². The zero-order valence-electron chi connectivity index (χ0n) is 7.84. The van der Waals surface area contributed by atoms with Gasteiger partial charge in [-0.05, 0) is 29.1 Å². The Bertz CT molecular complexity index is 440. The molecule has 2 aromatic rings. The van der Waals surface area contributed by atoms with Gasteiger partial charge in [0.25, 0.3) is 0 Å². The van der Waals surface area contributed by atoms with E-state index in [9.17, 15) is 0 Å².